The molecule has 0 saturated carbocycles. The Morgan fingerprint density at radius 1 is 1.00 bits per heavy atom. The van der Waals surface area contributed by atoms with Crippen LogP contribution >= 0.6 is 0 Å². The molecule has 0 amide bonds. The number of phenols is 1. The maximum Gasteiger partial charge on any atom is 0.241 e. The van der Waals surface area contributed by atoms with Gasteiger partial charge in [-0.25, -0.2) is 12.8 Å². The Hall–Kier alpha value is -3.10. The summed E-state index contributed by atoms with van der Waals surface area (Å²) in [6, 6.07) is 13.5. The topological polar surface area (TPSA) is 84.9 Å². The summed E-state index contributed by atoms with van der Waals surface area (Å²) in [5, 5.41) is 10.7. The van der Waals surface area contributed by atoms with E-state index in [1.807, 2.05) is 6.92 Å². The van der Waals surface area contributed by atoms with Crippen LogP contribution in [0.5, 0.6) is 17.2 Å². The Bertz CT molecular complexity index is 1150. The summed E-state index contributed by atoms with van der Waals surface area (Å²) < 4.78 is 53.2. The Morgan fingerprint density at radius 3 is 2.30 bits per heavy atom. The van der Waals surface area contributed by atoms with Crippen molar-refractivity contribution in [3.63, 3.8) is 0 Å². The third-order valence-corrected chi connectivity index (χ3v) is 6.06. The van der Waals surface area contributed by atoms with Crippen LogP contribution in [0.2, 0.25) is 0 Å². The van der Waals surface area contributed by atoms with Gasteiger partial charge in [-0.2, -0.15) is 4.72 Å². The van der Waals surface area contributed by atoms with Gasteiger partial charge < -0.3 is 14.6 Å². The third kappa shape index (κ3) is 4.55. The van der Waals surface area contributed by atoms with Crippen LogP contribution in [-0.2, 0) is 10.0 Å². The zero-order valence-electron chi connectivity index (χ0n) is 16.7. The van der Waals surface area contributed by atoms with Gasteiger partial charge in [0, 0.05) is 12.1 Å². The van der Waals surface area contributed by atoms with Crippen LogP contribution in [0, 0.1) is 12.7 Å². The molecule has 0 saturated heterocycles. The van der Waals surface area contributed by atoms with Crippen LogP contribution in [0.25, 0.3) is 0 Å². The van der Waals surface area contributed by atoms with Crippen LogP contribution < -0.4 is 14.2 Å². The minimum Gasteiger partial charge on any atom is -0.507 e. The summed E-state index contributed by atoms with van der Waals surface area (Å²) >= 11 is 0. The van der Waals surface area contributed by atoms with E-state index in [0.717, 1.165) is 5.56 Å². The molecule has 8 heteroatoms. The second kappa shape index (κ2) is 8.73. The van der Waals surface area contributed by atoms with E-state index >= 15 is 0 Å². The maximum atomic E-state index is 14.0. The van der Waals surface area contributed by atoms with E-state index in [-0.39, 0.29) is 22.0 Å². The summed E-state index contributed by atoms with van der Waals surface area (Å²) in [4.78, 5) is 0.0430. The Kier molecular flexibility index (Phi) is 6.28. The standard InChI is InChI=1S/C22H22FNO5S/c1-14-7-9-18(10-8-14)30(26,27)24-22(15-5-4-6-16(23)11-15)21-19(25)12-17(28-2)13-20(21)29-3/h4-13,22,24-25H,1-3H3. The fourth-order valence-electron chi connectivity index (χ4n) is 3.08. The van der Waals surface area contributed by atoms with Crippen LogP contribution in [0.15, 0.2) is 65.6 Å². The predicted molar refractivity (Wildman–Crippen MR) is 111 cm³/mol. The van der Waals surface area contributed by atoms with Gasteiger partial charge in [0.2, 0.25) is 10.0 Å². The molecular formula is C22H22FNO5S. The number of aromatic hydroxyl groups is 1. The molecule has 3 rings (SSSR count). The molecule has 6 nitrogen and oxygen atoms in total. The van der Waals surface area contributed by atoms with Crippen molar-refractivity contribution in [1.82, 2.24) is 4.72 Å². The number of hydrogen-bond donors (Lipinski definition) is 2. The molecule has 0 aliphatic heterocycles. The Balaban J connectivity index is 2.17. The highest BCUT2D eigenvalue weighted by molar-refractivity contribution is 7.89. The number of hydrogen-bond acceptors (Lipinski definition) is 5. The molecule has 0 bridgehead atoms. The van der Waals surface area contributed by atoms with E-state index in [1.165, 1.54) is 56.7 Å². The molecule has 0 radical (unpaired) electrons. The predicted octanol–water partition coefficient (Wildman–Crippen LogP) is 3.92. The van der Waals surface area contributed by atoms with Crippen LogP contribution in [-0.4, -0.2) is 27.7 Å². The number of methoxy groups -OCH3 is 2. The molecular weight excluding hydrogens is 409 g/mol. The van der Waals surface area contributed by atoms with Gasteiger partial charge in [-0.05, 0) is 36.8 Å². The lowest BCUT2D eigenvalue weighted by Gasteiger charge is -2.23. The van der Waals surface area contributed by atoms with Gasteiger partial charge in [-0.3, -0.25) is 0 Å². The normalized spacial score (nSPS) is 12.4. The van der Waals surface area contributed by atoms with Crippen molar-refractivity contribution in [1.29, 1.82) is 0 Å². The van der Waals surface area contributed by atoms with E-state index < -0.39 is 21.9 Å². The lowest BCUT2D eigenvalue weighted by atomic mass is 9.97. The molecule has 0 aliphatic rings. The molecule has 3 aromatic carbocycles. The van der Waals surface area contributed by atoms with Gasteiger partial charge in [-0.1, -0.05) is 29.8 Å². The number of rotatable bonds is 7. The van der Waals surface area contributed by atoms with Gasteiger partial charge in [-0.15, -0.1) is 0 Å². The fraction of sp³-hybridized carbons (Fsp3) is 0.182. The second-order valence-electron chi connectivity index (χ2n) is 6.68. The lowest BCUT2D eigenvalue weighted by molar-refractivity contribution is 0.376. The quantitative estimate of drug-likeness (QED) is 0.592. The van der Waals surface area contributed by atoms with Crippen LogP contribution in [0.3, 0.4) is 0 Å². The number of ether oxygens (including phenoxy) is 2. The highest BCUT2D eigenvalue weighted by Crippen LogP contribution is 2.41. The number of sulfonamides is 1. The van der Waals surface area contributed by atoms with Gasteiger partial charge in [0.1, 0.15) is 23.1 Å². The Labute approximate surface area is 175 Å². The maximum absolute atomic E-state index is 14.0. The van der Waals surface area contributed by atoms with Gasteiger partial charge >= 0.3 is 0 Å². The summed E-state index contributed by atoms with van der Waals surface area (Å²) in [5.74, 6) is -0.286. The van der Waals surface area contributed by atoms with Crippen molar-refractivity contribution in [3.8, 4) is 17.2 Å². The highest BCUT2D eigenvalue weighted by atomic mass is 32.2. The summed E-state index contributed by atoms with van der Waals surface area (Å²) in [7, 11) is -1.20. The first kappa shape index (κ1) is 21.6. The zero-order chi connectivity index (χ0) is 21.9. The largest absolute Gasteiger partial charge is 0.507 e. The van der Waals surface area contributed by atoms with Gasteiger partial charge in [0.15, 0.2) is 0 Å². The zero-order valence-corrected chi connectivity index (χ0v) is 17.5. The van der Waals surface area contributed by atoms with Crippen molar-refractivity contribution >= 4 is 10.0 Å². The number of phenolic OH excluding ortho intramolecular Hbond substituents is 1. The third-order valence-electron chi connectivity index (χ3n) is 4.62. The van der Waals surface area contributed by atoms with Gasteiger partial charge in [0.25, 0.3) is 0 Å². The molecule has 1 unspecified atom stereocenters. The van der Waals surface area contributed by atoms with E-state index in [2.05, 4.69) is 4.72 Å². The van der Waals surface area contributed by atoms with Crippen molar-refractivity contribution in [2.24, 2.45) is 0 Å². The molecule has 0 heterocycles. The molecule has 30 heavy (non-hydrogen) atoms. The number of nitrogens with one attached hydrogen (secondary N) is 1. The van der Waals surface area contributed by atoms with E-state index in [9.17, 15) is 17.9 Å². The molecule has 3 aromatic rings. The van der Waals surface area contributed by atoms with Crippen LogP contribution in [0.1, 0.15) is 22.7 Å². The van der Waals surface area contributed by atoms with E-state index in [0.29, 0.717) is 11.3 Å². The average molecular weight is 431 g/mol. The minimum absolute atomic E-state index is 0.0430. The first-order chi connectivity index (χ1) is 14.2. The number of aryl methyl sites for hydroxylation is 1. The number of benzene rings is 3. The highest BCUT2D eigenvalue weighted by Gasteiger charge is 2.29. The second-order valence-corrected chi connectivity index (χ2v) is 8.40. The molecule has 0 aliphatic carbocycles. The minimum atomic E-state index is -4.01. The summed E-state index contributed by atoms with van der Waals surface area (Å²) in [5.41, 5.74) is 1.34. The Morgan fingerprint density at radius 2 is 1.70 bits per heavy atom. The molecule has 0 fully saturated rings. The van der Waals surface area contributed by atoms with Crippen molar-refractivity contribution in [3.05, 3.63) is 83.2 Å². The first-order valence-corrected chi connectivity index (χ1v) is 10.5. The first-order valence-electron chi connectivity index (χ1n) is 9.04. The summed E-state index contributed by atoms with van der Waals surface area (Å²) in [6.45, 7) is 1.85. The molecule has 158 valence electrons. The molecule has 0 aromatic heterocycles. The lowest BCUT2D eigenvalue weighted by Crippen LogP contribution is -2.30. The van der Waals surface area contributed by atoms with Crippen molar-refractivity contribution in [2.75, 3.05) is 14.2 Å². The SMILES string of the molecule is COc1cc(O)c(C(NS(=O)(=O)c2ccc(C)cc2)c2cccc(F)c2)c(OC)c1. The summed E-state index contributed by atoms with van der Waals surface area (Å²) in [6.07, 6.45) is 0. The van der Waals surface area contributed by atoms with Gasteiger partial charge in [0.05, 0.1) is 30.7 Å². The van der Waals surface area contributed by atoms with E-state index in [4.69, 9.17) is 9.47 Å². The molecule has 2 N–H and O–H groups in total. The average Bonchev–Trinajstić information content (AvgIpc) is 2.72. The van der Waals surface area contributed by atoms with Crippen molar-refractivity contribution < 1.29 is 27.4 Å². The van der Waals surface area contributed by atoms with Crippen LogP contribution in [0.4, 0.5) is 4.39 Å². The fourth-order valence-corrected chi connectivity index (χ4v) is 4.28. The monoisotopic (exact) mass is 431 g/mol. The number of halogens is 1. The smallest absolute Gasteiger partial charge is 0.241 e. The molecule has 0 spiro atoms. The van der Waals surface area contributed by atoms with Crippen molar-refractivity contribution in [2.45, 2.75) is 17.9 Å². The molecule has 1 atom stereocenters. The van der Waals surface area contributed by atoms with E-state index in [1.54, 1.807) is 18.2 Å².